The standard InChI is InChI=1S/C30H31N2O.C22H22N.Ir/c1-29(2,3)17-19-14-15-31-25(16-19)24-9-7-8-22-23-13-11-20-10-12-21(18-30(4,5)6)32-26(20)28(23)33-27(22)24;1-22(2,3)16-17-9-11-18(12-10-17)20-13-14-23-21(15-20)19-7-5-4-6-8-19;/h7-8,10-16H,17-18H2,1-6H3;4-7,9-15H,16H2,1-3H3;/q2*-1;. The fraction of sp³-hybridized carbons (Fsp3) is 0.288. The summed E-state index contributed by atoms with van der Waals surface area (Å²) in [4.78, 5) is 14.2. The molecule has 0 aliphatic carbocycles. The third-order valence-corrected chi connectivity index (χ3v) is 9.61. The maximum atomic E-state index is 6.54. The van der Waals surface area contributed by atoms with Gasteiger partial charge in [0.15, 0.2) is 0 Å². The zero-order valence-electron chi connectivity index (χ0n) is 34.8. The van der Waals surface area contributed by atoms with Crippen LogP contribution in [0.2, 0.25) is 0 Å². The van der Waals surface area contributed by atoms with E-state index in [4.69, 9.17) is 9.40 Å². The second-order valence-electron chi connectivity index (χ2n) is 18.7. The smallest absolute Gasteiger partial charge is 0.147 e. The summed E-state index contributed by atoms with van der Waals surface area (Å²) in [7, 11) is 0. The van der Waals surface area contributed by atoms with Crippen LogP contribution >= 0.6 is 0 Å². The molecule has 0 bridgehead atoms. The molecule has 0 unspecified atom stereocenters. The van der Waals surface area contributed by atoms with Gasteiger partial charge in [0.25, 0.3) is 0 Å². The molecule has 0 saturated heterocycles. The van der Waals surface area contributed by atoms with Crippen LogP contribution < -0.4 is 0 Å². The van der Waals surface area contributed by atoms with E-state index in [2.05, 4.69) is 163 Å². The van der Waals surface area contributed by atoms with E-state index in [1.807, 2.05) is 42.7 Å². The molecule has 0 saturated carbocycles. The minimum Gasteiger partial charge on any atom is -0.498 e. The van der Waals surface area contributed by atoms with Gasteiger partial charge in [-0.25, -0.2) is 4.98 Å². The molecule has 4 aromatic heterocycles. The van der Waals surface area contributed by atoms with Gasteiger partial charge in [-0.3, -0.25) is 0 Å². The number of rotatable bonds is 6. The molecule has 4 heterocycles. The average molecular weight is 928 g/mol. The maximum absolute atomic E-state index is 6.54. The SMILES string of the molecule is CC(C)(C)Cc1ccc(-c2ccnc(-c3[c-]cccc3)c2)cc1.CC(C)(C)Cc1ccnc(-c2[c-]ccc3c2oc2c3ccc3ccc(CC(C)(C)C)nc32)c1.[Ir]. The Labute approximate surface area is 352 Å². The summed E-state index contributed by atoms with van der Waals surface area (Å²) in [6.45, 7) is 20.3. The van der Waals surface area contributed by atoms with Gasteiger partial charge >= 0.3 is 0 Å². The maximum Gasteiger partial charge on any atom is 0.147 e. The predicted octanol–water partition coefficient (Wildman–Crippen LogP) is 14.0. The molecule has 4 nitrogen and oxygen atoms in total. The largest absolute Gasteiger partial charge is 0.498 e. The summed E-state index contributed by atoms with van der Waals surface area (Å²) < 4.78 is 6.54. The molecule has 0 spiro atoms. The van der Waals surface area contributed by atoms with E-state index in [-0.39, 0.29) is 30.9 Å². The molecule has 8 aromatic rings. The van der Waals surface area contributed by atoms with Gasteiger partial charge in [-0.2, -0.15) is 0 Å². The number of pyridine rings is 3. The monoisotopic (exact) mass is 928 g/mol. The predicted molar refractivity (Wildman–Crippen MR) is 235 cm³/mol. The number of benzene rings is 4. The Morgan fingerprint density at radius 3 is 1.91 bits per heavy atom. The van der Waals surface area contributed by atoms with Crippen LogP contribution in [0.1, 0.15) is 79.1 Å². The Hall–Kier alpha value is -4.96. The number of aromatic nitrogens is 3. The summed E-state index contributed by atoms with van der Waals surface area (Å²) in [6, 6.07) is 44.5. The molecule has 0 aliphatic heterocycles. The Morgan fingerprint density at radius 1 is 0.544 bits per heavy atom. The zero-order valence-corrected chi connectivity index (χ0v) is 37.1. The molecule has 0 aliphatic rings. The average Bonchev–Trinajstić information content (AvgIpc) is 3.54. The third-order valence-electron chi connectivity index (χ3n) is 9.61. The number of fused-ring (bicyclic) bond motifs is 5. The summed E-state index contributed by atoms with van der Waals surface area (Å²) in [6.07, 6.45) is 6.76. The van der Waals surface area contributed by atoms with Gasteiger partial charge in [-0.05, 0) is 81.8 Å². The van der Waals surface area contributed by atoms with Crippen LogP contribution in [0.15, 0.2) is 126 Å². The number of furan rings is 1. The fourth-order valence-corrected chi connectivity index (χ4v) is 7.33. The summed E-state index contributed by atoms with van der Waals surface area (Å²) >= 11 is 0. The van der Waals surface area contributed by atoms with Crippen LogP contribution in [0.5, 0.6) is 0 Å². The molecule has 4 aromatic carbocycles. The first kappa shape index (κ1) is 41.7. The van der Waals surface area contributed by atoms with Gasteiger partial charge in [-0.1, -0.05) is 133 Å². The van der Waals surface area contributed by atoms with Crippen LogP contribution in [-0.4, -0.2) is 15.0 Å². The second kappa shape index (κ2) is 16.9. The van der Waals surface area contributed by atoms with E-state index in [1.54, 1.807) is 0 Å². The third kappa shape index (κ3) is 10.5. The Kier molecular flexibility index (Phi) is 12.3. The van der Waals surface area contributed by atoms with Crippen molar-refractivity contribution in [1.29, 1.82) is 0 Å². The summed E-state index contributed by atoms with van der Waals surface area (Å²) in [5.74, 6) is 0. The number of nitrogens with zero attached hydrogens (tertiary/aromatic N) is 3. The molecule has 0 atom stereocenters. The molecule has 0 amide bonds. The van der Waals surface area contributed by atoms with E-state index in [0.29, 0.717) is 5.41 Å². The first-order valence-corrected chi connectivity index (χ1v) is 19.7. The van der Waals surface area contributed by atoms with Crippen molar-refractivity contribution in [2.45, 2.75) is 81.6 Å². The van der Waals surface area contributed by atoms with Crippen LogP contribution in [0.25, 0.3) is 66.5 Å². The molecule has 57 heavy (non-hydrogen) atoms. The Bertz CT molecular complexity index is 2600. The van der Waals surface area contributed by atoms with E-state index in [1.165, 1.54) is 22.3 Å². The summed E-state index contributed by atoms with van der Waals surface area (Å²) in [5, 5.41) is 3.25. The van der Waals surface area contributed by atoms with Crippen LogP contribution in [0.3, 0.4) is 0 Å². The van der Waals surface area contributed by atoms with Gasteiger partial charge in [0.05, 0.1) is 5.58 Å². The van der Waals surface area contributed by atoms with Crippen molar-refractivity contribution in [3.8, 4) is 33.6 Å². The number of hydrogen-bond donors (Lipinski definition) is 0. The minimum atomic E-state index is 0. The van der Waals surface area contributed by atoms with Gasteiger partial charge < -0.3 is 14.4 Å². The van der Waals surface area contributed by atoms with E-state index in [9.17, 15) is 0 Å². The van der Waals surface area contributed by atoms with Crippen LogP contribution in [0.4, 0.5) is 0 Å². The first-order chi connectivity index (χ1) is 26.6. The molecule has 5 heteroatoms. The fourth-order valence-electron chi connectivity index (χ4n) is 7.33. The minimum absolute atomic E-state index is 0. The van der Waals surface area contributed by atoms with Crippen molar-refractivity contribution in [2.24, 2.45) is 16.2 Å². The van der Waals surface area contributed by atoms with Crippen molar-refractivity contribution in [3.63, 3.8) is 0 Å². The quantitative estimate of drug-likeness (QED) is 0.156. The van der Waals surface area contributed by atoms with Crippen molar-refractivity contribution in [3.05, 3.63) is 151 Å². The molecule has 8 rings (SSSR count). The number of hydrogen-bond acceptors (Lipinski definition) is 4. The van der Waals surface area contributed by atoms with Crippen molar-refractivity contribution in [1.82, 2.24) is 15.0 Å². The Morgan fingerprint density at radius 2 is 1.21 bits per heavy atom. The Balaban J connectivity index is 0.000000202. The topological polar surface area (TPSA) is 51.8 Å². The molecule has 0 fully saturated rings. The van der Waals surface area contributed by atoms with E-state index in [0.717, 1.165) is 80.3 Å². The van der Waals surface area contributed by atoms with Gasteiger partial charge in [0.2, 0.25) is 0 Å². The zero-order chi connectivity index (χ0) is 39.7. The van der Waals surface area contributed by atoms with Crippen LogP contribution in [0, 0.1) is 28.4 Å². The first-order valence-electron chi connectivity index (χ1n) is 19.7. The van der Waals surface area contributed by atoms with Crippen molar-refractivity contribution < 1.29 is 24.5 Å². The van der Waals surface area contributed by atoms with Gasteiger partial charge in [0.1, 0.15) is 11.1 Å². The second-order valence-corrected chi connectivity index (χ2v) is 18.7. The molecule has 0 N–H and O–H groups in total. The van der Waals surface area contributed by atoms with Crippen LogP contribution in [-0.2, 0) is 39.4 Å². The van der Waals surface area contributed by atoms with E-state index >= 15 is 0 Å². The molecular formula is C52H53IrN3O-2. The molecule has 293 valence electrons. The summed E-state index contributed by atoms with van der Waals surface area (Å²) in [5.41, 5.74) is 13.2. The van der Waals surface area contributed by atoms with Gasteiger partial charge in [0, 0.05) is 49.0 Å². The van der Waals surface area contributed by atoms with E-state index < -0.39 is 0 Å². The van der Waals surface area contributed by atoms with Gasteiger partial charge in [-0.15, -0.1) is 54.1 Å². The van der Waals surface area contributed by atoms with Crippen molar-refractivity contribution in [2.75, 3.05) is 0 Å². The molecule has 1 radical (unpaired) electrons. The molecular weight excluding hydrogens is 875 g/mol. The van der Waals surface area contributed by atoms with Crippen molar-refractivity contribution >= 4 is 32.8 Å². The normalized spacial score (nSPS) is 12.0.